The molecule has 0 N–H and O–H groups in total. The van der Waals surface area contributed by atoms with Crippen LogP contribution in [-0.4, -0.2) is 30.0 Å². The number of carbonyl (C=O) groups is 4. The lowest BCUT2D eigenvalue weighted by Crippen LogP contribution is -2.30. The topological polar surface area (TPSA) is 80.8 Å². The zero-order valence-corrected chi connectivity index (χ0v) is 15.0. The van der Waals surface area contributed by atoms with Crippen LogP contribution in [0.5, 0.6) is 0 Å². The minimum Gasteiger partial charge on any atom is -0.462 e. The number of ether oxygens (including phenoxy) is 1. The lowest BCUT2D eigenvalue weighted by atomic mass is 9.90. The normalized spacial score (nSPS) is 19.3. The van der Waals surface area contributed by atoms with Crippen molar-refractivity contribution in [2.24, 2.45) is 5.92 Å². The molecule has 1 heterocycles. The highest BCUT2D eigenvalue weighted by Gasteiger charge is 2.50. The van der Waals surface area contributed by atoms with Gasteiger partial charge < -0.3 is 4.74 Å². The van der Waals surface area contributed by atoms with Crippen molar-refractivity contribution in [3.8, 4) is 0 Å². The van der Waals surface area contributed by atoms with E-state index in [0.29, 0.717) is 16.8 Å². The van der Waals surface area contributed by atoms with Crippen molar-refractivity contribution in [2.45, 2.75) is 19.9 Å². The van der Waals surface area contributed by atoms with Crippen LogP contribution in [0.2, 0.25) is 0 Å². The van der Waals surface area contributed by atoms with Crippen LogP contribution in [0.4, 0.5) is 5.69 Å². The van der Waals surface area contributed by atoms with Gasteiger partial charge in [-0.1, -0.05) is 30.3 Å². The summed E-state index contributed by atoms with van der Waals surface area (Å²) in [6, 6.07) is 14.5. The number of nitrogens with zero attached hydrogens (tertiary/aromatic N) is 1. The van der Waals surface area contributed by atoms with E-state index in [9.17, 15) is 19.2 Å². The predicted octanol–water partition coefficient (Wildman–Crippen LogP) is 2.73. The van der Waals surface area contributed by atoms with Crippen molar-refractivity contribution >= 4 is 29.1 Å². The Balaban J connectivity index is 2.03. The summed E-state index contributed by atoms with van der Waals surface area (Å²) in [5, 5.41) is 0. The molecular formula is C21H19NO5. The minimum absolute atomic E-state index is 0.260. The van der Waals surface area contributed by atoms with E-state index in [-0.39, 0.29) is 12.4 Å². The number of benzene rings is 2. The fourth-order valence-electron chi connectivity index (χ4n) is 3.32. The second kappa shape index (κ2) is 7.53. The number of carbonyl (C=O) groups excluding carboxylic acids is 4. The summed E-state index contributed by atoms with van der Waals surface area (Å²) >= 11 is 0. The SMILES string of the molecule is CCOC(=O)c1ccc(N2C(=O)C(=O)C(C(C)=O)C2c2ccccc2)cc1. The van der Waals surface area contributed by atoms with Crippen LogP contribution < -0.4 is 4.90 Å². The molecule has 27 heavy (non-hydrogen) atoms. The number of ketones is 2. The number of Topliss-reactive ketones (excluding diaryl/α,β-unsaturated/α-hetero) is 2. The Labute approximate surface area is 156 Å². The number of anilines is 1. The van der Waals surface area contributed by atoms with Crippen LogP contribution >= 0.6 is 0 Å². The van der Waals surface area contributed by atoms with Gasteiger partial charge in [-0.3, -0.25) is 19.3 Å². The molecule has 2 atom stereocenters. The zero-order chi connectivity index (χ0) is 19.6. The molecular weight excluding hydrogens is 346 g/mol. The van der Waals surface area contributed by atoms with Crippen LogP contribution in [0.25, 0.3) is 0 Å². The largest absolute Gasteiger partial charge is 0.462 e. The van der Waals surface area contributed by atoms with Crippen LogP contribution in [-0.2, 0) is 19.1 Å². The van der Waals surface area contributed by atoms with E-state index in [1.54, 1.807) is 43.3 Å². The van der Waals surface area contributed by atoms with Gasteiger partial charge >= 0.3 is 5.97 Å². The molecule has 138 valence electrons. The van der Waals surface area contributed by atoms with Crippen molar-refractivity contribution in [1.29, 1.82) is 0 Å². The van der Waals surface area contributed by atoms with E-state index in [4.69, 9.17) is 4.74 Å². The molecule has 1 aliphatic heterocycles. The third-order valence-corrected chi connectivity index (χ3v) is 4.54. The average molecular weight is 365 g/mol. The molecule has 0 spiro atoms. The third-order valence-electron chi connectivity index (χ3n) is 4.54. The first-order valence-electron chi connectivity index (χ1n) is 8.65. The van der Waals surface area contributed by atoms with Gasteiger partial charge in [0.15, 0.2) is 0 Å². The number of rotatable bonds is 5. The van der Waals surface area contributed by atoms with Gasteiger partial charge in [0.25, 0.3) is 5.91 Å². The summed E-state index contributed by atoms with van der Waals surface area (Å²) in [5.74, 6) is -3.31. The summed E-state index contributed by atoms with van der Waals surface area (Å²) in [7, 11) is 0. The maximum atomic E-state index is 12.7. The summed E-state index contributed by atoms with van der Waals surface area (Å²) in [4.78, 5) is 50.4. The van der Waals surface area contributed by atoms with E-state index in [0.717, 1.165) is 0 Å². The molecule has 6 nitrogen and oxygen atoms in total. The monoisotopic (exact) mass is 365 g/mol. The number of hydrogen-bond acceptors (Lipinski definition) is 5. The molecule has 1 amide bonds. The lowest BCUT2D eigenvalue weighted by molar-refractivity contribution is -0.138. The number of amides is 1. The maximum absolute atomic E-state index is 12.7. The van der Waals surface area contributed by atoms with E-state index >= 15 is 0 Å². The van der Waals surface area contributed by atoms with Crippen molar-refractivity contribution in [2.75, 3.05) is 11.5 Å². The molecule has 0 aliphatic carbocycles. The van der Waals surface area contributed by atoms with Gasteiger partial charge in [0.05, 0.1) is 18.2 Å². The molecule has 6 heteroatoms. The number of hydrogen-bond donors (Lipinski definition) is 0. The molecule has 2 unspecified atom stereocenters. The Kier molecular flexibility index (Phi) is 5.16. The van der Waals surface area contributed by atoms with Gasteiger partial charge in [-0.2, -0.15) is 0 Å². The minimum atomic E-state index is -1.05. The van der Waals surface area contributed by atoms with Crippen LogP contribution in [0.1, 0.15) is 35.8 Å². The van der Waals surface area contributed by atoms with Crippen LogP contribution in [0, 0.1) is 5.92 Å². The highest BCUT2D eigenvalue weighted by Crippen LogP contribution is 2.40. The van der Waals surface area contributed by atoms with E-state index < -0.39 is 29.6 Å². The van der Waals surface area contributed by atoms with Crippen molar-refractivity contribution in [3.05, 3.63) is 65.7 Å². The quantitative estimate of drug-likeness (QED) is 0.462. The Hall–Kier alpha value is -3.28. The van der Waals surface area contributed by atoms with Crippen molar-refractivity contribution < 1.29 is 23.9 Å². The third kappa shape index (κ3) is 3.38. The molecule has 0 aromatic heterocycles. The van der Waals surface area contributed by atoms with E-state index in [1.807, 2.05) is 6.07 Å². The highest BCUT2D eigenvalue weighted by atomic mass is 16.5. The molecule has 0 radical (unpaired) electrons. The summed E-state index contributed by atoms with van der Waals surface area (Å²) in [6.07, 6.45) is 0. The smallest absolute Gasteiger partial charge is 0.338 e. The van der Waals surface area contributed by atoms with Gasteiger partial charge in [-0.15, -0.1) is 0 Å². The Morgan fingerprint density at radius 3 is 2.19 bits per heavy atom. The molecule has 2 aromatic rings. The maximum Gasteiger partial charge on any atom is 0.338 e. The average Bonchev–Trinajstić information content (AvgIpc) is 2.94. The van der Waals surface area contributed by atoms with Crippen molar-refractivity contribution in [1.82, 2.24) is 0 Å². The van der Waals surface area contributed by atoms with E-state index in [2.05, 4.69) is 0 Å². The molecule has 0 saturated carbocycles. The fraction of sp³-hybridized carbons (Fsp3) is 0.238. The van der Waals surface area contributed by atoms with Gasteiger partial charge in [0.2, 0.25) is 5.78 Å². The van der Waals surface area contributed by atoms with Crippen molar-refractivity contribution in [3.63, 3.8) is 0 Å². The van der Waals surface area contributed by atoms with Gasteiger partial charge in [-0.05, 0) is 43.7 Å². The first-order chi connectivity index (χ1) is 13.0. The number of esters is 1. The first kappa shape index (κ1) is 18.5. The van der Waals surface area contributed by atoms with E-state index in [1.165, 1.54) is 24.0 Å². The van der Waals surface area contributed by atoms with Gasteiger partial charge in [0.1, 0.15) is 11.7 Å². The second-order valence-electron chi connectivity index (χ2n) is 6.25. The van der Waals surface area contributed by atoms with Gasteiger partial charge in [0, 0.05) is 5.69 Å². The first-order valence-corrected chi connectivity index (χ1v) is 8.65. The summed E-state index contributed by atoms with van der Waals surface area (Å²) in [6.45, 7) is 3.29. The Morgan fingerprint density at radius 2 is 1.63 bits per heavy atom. The standard InChI is InChI=1S/C21H19NO5/c1-3-27-21(26)15-9-11-16(12-10-15)22-18(14-7-5-4-6-8-14)17(13(2)23)19(24)20(22)25/h4-12,17-18H,3H2,1-2H3. The molecule has 2 aromatic carbocycles. The Morgan fingerprint density at radius 1 is 1.00 bits per heavy atom. The molecule has 1 fully saturated rings. The predicted molar refractivity (Wildman–Crippen MR) is 98.2 cm³/mol. The van der Waals surface area contributed by atoms with Gasteiger partial charge in [-0.25, -0.2) is 4.79 Å². The molecule has 1 aliphatic rings. The fourth-order valence-corrected chi connectivity index (χ4v) is 3.32. The molecule has 0 bridgehead atoms. The zero-order valence-electron chi connectivity index (χ0n) is 15.0. The lowest BCUT2D eigenvalue weighted by Gasteiger charge is -2.27. The molecule has 1 saturated heterocycles. The summed E-state index contributed by atoms with van der Waals surface area (Å²) in [5.41, 5.74) is 1.49. The Bertz CT molecular complexity index is 889. The molecule has 3 rings (SSSR count). The van der Waals surface area contributed by atoms with Crippen LogP contribution in [0.3, 0.4) is 0 Å². The van der Waals surface area contributed by atoms with Crippen LogP contribution in [0.15, 0.2) is 54.6 Å². The summed E-state index contributed by atoms with van der Waals surface area (Å²) < 4.78 is 4.95. The highest BCUT2D eigenvalue weighted by molar-refractivity contribution is 6.48. The second-order valence-corrected chi connectivity index (χ2v) is 6.25.